The first-order valence-electron chi connectivity index (χ1n) is 8.83. The predicted octanol–water partition coefficient (Wildman–Crippen LogP) is 3.31. The van der Waals surface area contributed by atoms with E-state index in [9.17, 15) is 14.9 Å². The van der Waals surface area contributed by atoms with Crippen LogP contribution in [0.25, 0.3) is 5.69 Å². The number of ether oxygens (including phenoxy) is 1. The summed E-state index contributed by atoms with van der Waals surface area (Å²) in [6.45, 7) is 8.64. The van der Waals surface area contributed by atoms with Crippen LogP contribution in [0.2, 0.25) is 0 Å². The van der Waals surface area contributed by atoms with Crippen LogP contribution in [0, 0.1) is 31.1 Å². The summed E-state index contributed by atoms with van der Waals surface area (Å²) in [5.74, 6) is -1.14. The number of amides is 1. The maximum absolute atomic E-state index is 12.5. The number of benzene rings is 1. The second-order valence-electron chi connectivity index (χ2n) is 7.05. The van der Waals surface area contributed by atoms with E-state index in [4.69, 9.17) is 4.74 Å². The molecule has 1 aromatic heterocycles. The van der Waals surface area contributed by atoms with Crippen molar-refractivity contribution in [3.05, 3.63) is 53.3 Å². The zero-order valence-electron chi connectivity index (χ0n) is 16.4. The molecule has 0 fully saturated rings. The van der Waals surface area contributed by atoms with E-state index in [1.54, 1.807) is 13.0 Å². The highest BCUT2D eigenvalue weighted by Crippen LogP contribution is 2.21. The van der Waals surface area contributed by atoms with Crippen molar-refractivity contribution in [1.82, 2.24) is 9.88 Å². The summed E-state index contributed by atoms with van der Waals surface area (Å²) in [5.41, 5.74) is 1.99. The van der Waals surface area contributed by atoms with Crippen molar-refractivity contribution < 1.29 is 14.3 Å². The Labute approximate surface area is 159 Å². The summed E-state index contributed by atoms with van der Waals surface area (Å²) >= 11 is 0. The number of aromatic nitrogens is 1. The van der Waals surface area contributed by atoms with Crippen molar-refractivity contribution in [3.63, 3.8) is 0 Å². The van der Waals surface area contributed by atoms with Crippen LogP contribution >= 0.6 is 0 Å². The number of para-hydroxylation sites is 1. The van der Waals surface area contributed by atoms with Crippen molar-refractivity contribution in [2.75, 3.05) is 6.61 Å². The van der Waals surface area contributed by atoms with Crippen molar-refractivity contribution >= 4 is 11.9 Å². The van der Waals surface area contributed by atoms with Crippen molar-refractivity contribution in [2.45, 2.75) is 40.2 Å². The van der Waals surface area contributed by atoms with Gasteiger partial charge in [0, 0.05) is 17.1 Å². The fourth-order valence-electron chi connectivity index (χ4n) is 2.78. The molecule has 0 spiro atoms. The number of nitrogens with one attached hydrogen (secondary N) is 1. The van der Waals surface area contributed by atoms with E-state index >= 15 is 0 Å². The minimum atomic E-state index is -1.01. The van der Waals surface area contributed by atoms with Gasteiger partial charge < -0.3 is 14.6 Å². The molecule has 0 aliphatic rings. The van der Waals surface area contributed by atoms with Crippen molar-refractivity contribution in [1.29, 1.82) is 5.26 Å². The molecule has 0 bridgehead atoms. The minimum absolute atomic E-state index is 0.0769. The predicted molar refractivity (Wildman–Crippen MR) is 103 cm³/mol. The van der Waals surface area contributed by atoms with Gasteiger partial charge in [-0.25, -0.2) is 4.79 Å². The number of hydrogen-bond donors (Lipinski definition) is 1. The molecule has 0 aliphatic heterocycles. The van der Waals surface area contributed by atoms with Crippen LogP contribution in [0.5, 0.6) is 0 Å². The average molecular weight is 367 g/mol. The van der Waals surface area contributed by atoms with E-state index < -0.39 is 24.0 Å². The van der Waals surface area contributed by atoms with Gasteiger partial charge in [-0.3, -0.25) is 4.79 Å². The highest BCUT2D eigenvalue weighted by atomic mass is 16.5. The fourth-order valence-corrected chi connectivity index (χ4v) is 2.78. The molecule has 2 aromatic rings. The van der Waals surface area contributed by atoms with Crippen molar-refractivity contribution in [3.8, 4) is 11.8 Å². The molecular weight excluding hydrogens is 342 g/mol. The monoisotopic (exact) mass is 367 g/mol. The van der Waals surface area contributed by atoms with E-state index in [1.165, 1.54) is 0 Å². The van der Waals surface area contributed by atoms with Crippen LogP contribution < -0.4 is 5.32 Å². The standard InChI is InChI=1S/C21H25N3O3/c1-14(2)21(5,13-22)23-19(25)12-27-20(26)18-11-15(3)24(16(18)4)17-9-7-6-8-10-17/h6-11,14H,12H2,1-5H3,(H,23,25)/t21-/m0/s1. The number of aryl methyl sites for hydroxylation is 1. The van der Waals surface area contributed by atoms with Gasteiger partial charge in [-0.1, -0.05) is 32.0 Å². The Morgan fingerprint density at radius 1 is 1.26 bits per heavy atom. The number of carbonyl (C=O) groups is 2. The third-order valence-electron chi connectivity index (χ3n) is 4.79. The summed E-state index contributed by atoms with van der Waals surface area (Å²) < 4.78 is 7.13. The lowest BCUT2D eigenvalue weighted by molar-refractivity contribution is -0.125. The molecular formula is C21H25N3O3. The molecule has 1 heterocycles. The minimum Gasteiger partial charge on any atom is -0.452 e. The number of nitriles is 1. The highest BCUT2D eigenvalue weighted by Gasteiger charge is 2.30. The summed E-state index contributed by atoms with van der Waals surface area (Å²) in [5, 5.41) is 11.9. The summed E-state index contributed by atoms with van der Waals surface area (Å²) in [4.78, 5) is 24.5. The second-order valence-corrected chi connectivity index (χ2v) is 7.05. The van der Waals surface area contributed by atoms with Gasteiger partial charge in [0.2, 0.25) is 0 Å². The van der Waals surface area contributed by atoms with Gasteiger partial charge in [0.15, 0.2) is 6.61 Å². The molecule has 0 unspecified atom stereocenters. The molecule has 1 atom stereocenters. The van der Waals surface area contributed by atoms with Crippen LogP contribution in [0.1, 0.15) is 42.5 Å². The van der Waals surface area contributed by atoms with Gasteiger partial charge >= 0.3 is 5.97 Å². The molecule has 2 rings (SSSR count). The Bertz CT molecular complexity index is 878. The van der Waals surface area contributed by atoms with E-state index in [0.717, 1.165) is 17.1 Å². The van der Waals surface area contributed by atoms with E-state index in [1.807, 2.05) is 62.6 Å². The van der Waals surface area contributed by atoms with Crippen LogP contribution in [0.15, 0.2) is 36.4 Å². The zero-order chi connectivity index (χ0) is 20.2. The second kappa shape index (κ2) is 8.09. The topological polar surface area (TPSA) is 84.1 Å². The molecule has 6 nitrogen and oxygen atoms in total. The molecule has 6 heteroatoms. The summed E-state index contributed by atoms with van der Waals surface area (Å²) in [6.07, 6.45) is 0. The van der Waals surface area contributed by atoms with Gasteiger partial charge in [0.1, 0.15) is 5.54 Å². The Hall–Kier alpha value is -3.07. The largest absolute Gasteiger partial charge is 0.452 e. The van der Waals surface area contributed by atoms with E-state index in [-0.39, 0.29) is 5.92 Å². The Kier molecular flexibility index (Phi) is 6.06. The smallest absolute Gasteiger partial charge is 0.340 e. The molecule has 1 N–H and O–H groups in total. The lowest BCUT2D eigenvalue weighted by Gasteiger charge is -2.27. The summed E-state index contributed by atoms with van der Waals surface area (Å²) in [6, 6.07) is 13.5. The third-order valence-corrected chi connectivity index (χ3v) is 4.79. The average Bonchev–Trinajstić information content (AvgIpc) is 2.94. The molecule has 142 valence electrons. The Morgan fingerprint density at radius 2 is 1.89 bits per heavy atom. The quantitative estimate of drug-likeness (QED) is 0.794. The maximum atomic E-state index is 12.5. The number of hydrogen-bond acceptors (Lipinski definition) is 4. The number of nitrogens with zero attached hydrogens (tertiary/aromatic N) is 2. The van der Waals surface area contributed by atoms with Gasteiger partial charge in [0.25, 0.3) is 5.91 Å². The van der Waals surface area contributed by atoms with Crippen LogP contribution in [0.3, 0.4) is 0 Å². The Balaban J connectivity index is 2.10. The van der Waals surface area contributed by atoms with Crippen LogP contribution in [0.4, 0.5) is 0 Å². The molecule has 1 amide bonds. The number of carbonyl (C=O) groups excluding carboxylic acids is 2. The Morgan fingerprint density at radius 3 is 2.44 bits per heavy atom. The van der Waals surface area contributed by atoms with Gasteiger partial charge in [-0.2, -0.15) is 5.26 Å². The summed E-state index contributed by atoms with van der Waals surface area (Å²) in [7, 11) is 0. The van der Waals surface area contributed by atoms with Gasteiger partial charge in [-0.05, 0) is 44.9 Å². The SMILES string of the molecule is Cc1cc(C(=O)OCC(=O)N[C@@](C)(C#N)C(C)C)c(C)n1-c1ccccc1. The number of rotatable bonds is 6. The molecule has 27 heavy (non-hydrogen) atoms. The third kappa shape index (κ3) is 4.37. The van der Waals surface area contributed by atoms with Crippen LogP contribution in [-0.2, 0) is 9.53 Å². The van der Waals surface area contributed by atoms with E-state index in [2.05, 4.69) is 11.4 Å². The normalized spacial score (nSPS) is 12.9. The molecule has 1 aromatic carbocycles. The first-order chi connectivity index (χ1) is 12.7. The fraction of sp³-hybridized carbons (Fsp3) is 0.381. The molecule has 0 saturated carbocycles. The molecule has 0 radical (unpaired) electrons. The zero-order valence-corrected chi connectivity index (χ0v) is 16.4. The lowest BCUT2D eigenvalue weighted by atomic mass is 9.90. The van der Waals surface area contributed by atoms with Gasteiger partial charge in [-0.15, -0.1) is 0 Å². The number of esters is 1. The first kappa shape index (κ1) is 20.2. The van der Waals surface area contributed by atoms with Gasteiger partial charge in [0.05, 0.1) is 11.6 Å². The molecule has 0 aliphatic carbocycles. The lowest BCUT2D eigenvalue weighted by Crippen LogP contribution is -2.50. The molecule has 0 saturated heterocycles. The maximum Gasteiger partial charge on any atom is 0.340 e. The first-order valence-corrected chi connectivity index (χ1v) is 8.83. The highest BCUT2D eigenvalue weighted by molar-refractivity contribution is 5.93. The van der Waals surface area contributed by atoms with Crippen molar-refractivity contribution in [2.24, 2.45) is 5.92 Å². The van der Waals surface area contributed by atoms with E-state index in [0.29, 0.717) is 5.56 Å². The van der Waals surface area contributed by atoms with Crippen LogP contribution in [-0.4, -0.2) is 28.6 Å².